The summed E-state index contributed by atoms with van der Waals surface area (Å²) >= 11 is 0. The van der Waals surface area contributed by atoms with E-state index >= 15 is 0 Å². The molecule has 24 heavy (non-hydrogen) atoms. The first kappa shape index (κ1) is 14.7. The van der Waals surface area contributed by atoms with Crippen LogP contribution >= 0.6 is 0 Å². The summed E-state index contributed by atoms with van der Waals surface area (Å²) < 4.78 is 39.3. The van der Waals surface area contributed by atoms with Crippen LogP contribution < -0.4 is 0 Å². The highest BCUT2D eigenvalue weighted by Gasteiger charge is 2.33. The smallest absolute Gasteiger partial charge is 0.264 e. The highest BCUT2D eigenvalue weighted by molar-refractivity contribution is 6.06. The average Bonchev–Trinajstić information content (AvgIpc) is 2.89. The first-order valence-electron chi connectivity index (χ1n) is 7.47. The van der Waals surface area contributed by atoms with Crippen LogP contribution in [-0.2, 0) is 6.18 Å². The summed E-state index contributed by atoms with van der Waals surface area (Å²) in [4.78, 5) is 4.07. The zero-order valence-corrected chi connectivity index (χ0v) is 12.5. The lowest BCUT2D eigenvalue weighted by Crippen LogP contribution is -2.05. The molecule has 0 bridgehead atoms. The summed E-state index contributed by atoms with van der Waals surface area (Å²) in [7, 11) is 0. The van der Waals surface area contributed by atoms with E-state index in [4.69, 9.17) is 0 Å². The van der Waals surface area contributed by atoms with Crippen molar-refractivity contribution in [2.24, 2.45) is 0 Å². The van der Waals surface area contributed by atoms with Gasteiger partial charge >= 0.3 is 6.18 Å². The minimum Gasteiger partial charge on any atom is -0.264 e. The Kier molecular flexibility index (Phi) is 3.27. The van der Waals surface area contributed by atoms with Gasteiger partial charge in [0.25, 0.3) is 0 Å². The largest absolute Gasteiger partial charge is 0.416 e. The minimum atomic E-state index is -4.36. The Hall–Kier alpha value is -2.88. The zero-order chi connectivity index (χ0) is 16.7. The van der Waals surface area contributed by atoms with E-state index in [1.807, 2.05) is 36.4 Å². The molecule has 0 amide bonds. The topological polar surface area (TPSA) is 12.9 Å². The molecule has 4 rings (SSSR count). The molecule has 2 aromatic carbocycles. The summed E-state index contributed by atoms with van der Waals surface area (Å²) in [6.07, 6.45) is 0.891. The Morgan fingerprint density at radius 3 is 2.25 bits per heavy atom. The maximum atomic E-state index is 13.1. The molecule has 1 nitrogen and oxygen atoms in total. The van der Waals surface area contributed by atoms with E-state index in [9.17, 15) is 13.2 Å². The fraction of sp³-hybridized carbons (Fsp3) is 0.0500. The van der Waals surface area contributed by atoms with E-state index in [1.165, 1.54) is 6.07 Å². The molecule has 1 aliphatic rings. The predicted molar refractivity (Wildman–Crippen MR) is 88.1 cm³/mol. The Bertz CT molecular complexity index is 941. The van der Waals surface area contributed by atoms with Crippen LogP contribution in [0, 0.1) is 0 Å². The molecular weight excluding hydrogens is 311 g/mol. The number of hydrogen-bond donors (Lipinski definition) is 0. The normalized spacial score (nSPS) is 14.5. The fourth-order valence-electron chi connectivity index (χ4n) is 3.06. The lowest BCUT2D eigenvalue weighted by Gasteiger charge is -2.09. The molecule has 0 saturated carbocycles. The lowest BCUT2D eigenvalue weighted by molar-refractivity contribution is -0.137. The molecule has 0 spiro atoms. The van der Waals surface area contributed by atoms with Crippen molar-refractivity contribution in [1.29, 1.82) is 0 Å². The number of halogens is 3. The fourth-order valence-corrected chi connectivity index (χ4v) is 3.06. The highest BCUT2D eigenvalue weighted by Crippen LogP contribution is 2.46. The van der Waals surface area contributed by atoms with E-state index < -0.39 is 11.7 Å². The number of fused-ring (bicyclic) bond motifs is 3. The van der Waals surface area contributed by atoms with Crippen LogP contribution in [0.2, 0.25) is 0 Å². The van der Waals surface area contributed by atoms with E-state index in [0.717, 1.165) is 33.9 Å². The van der Waals surface area contributed by atoms with Crippen LogP contribution in [0.1, 0.15) is 22.3 Å². The lowest BCUT2D eigenvalue weighted by atomic mass is 10.00. The third-order valence-electron chi connectivity index (χ3n) is 4.14. The highest BCUT2D eigenvalue weighted by atomic mass is 19.4. The number of benzene rings is 2. The third-order valence-corrected chi connectivity index (χ3v) is 4.14. The van der Waals surface area contributed by atoms with Crippen LogP contribution in [0.3, 0.4) is 0 Å². The van der Waals surface area contributed by atoms with E-state index in [2.05, 4.69) is 4.98 Å². The second-order valence-corrected chi connectivity index (χ2v) is 5.65. The zero-order valence-electron chi connectivity index (χ0n) is 12.5. The number of hydrogen-bond acceptors (Lipinski definition) is 1. The van der Waals surface area contributed by atoms with E-state index in [1.54, 1.807) is 24.5 Å². The van der Waals surface area contributed by atoms with E-state index in [0.29, 0.717) is 5.56 Å². The molecule has 0 atom stereocenters. The van der Waals surface area contributed by atoms with Gasteiger partial charge in [0.05, 0.1) is 5.56 Å². The van der Waals surface area contributed by atoms with Crippen molar-refractivity contribution < 1.29 is 13.2 Å². The van der Waals surface area contributed by atoms with Gasteiger partial charge in [-0.05, 0) is 57.7 Å². The number of nitrogens with zero attached hydrogens (tertiary/aromatic N) is 1. The van der Waals surface area contributed by atoms with Gasteiger partial charge in [0.1, 0.15) is 0 Å². The summed E-state index contributed by atoms with van der Waals surface area (Å²) in [6.45, 7) is 0. The van der Waals surface area contributed by atoms with Crippen LogP contribution in [-0.4, -0.2) is 4.98 Å². The average molecular weight is 323 g/mol. The van der Waals surface area contributed by atoms with Gasteiger partial charge < -0.3 is 0 Å². The second kappa shape index (κ2) is 5.34. The number of alkyl halides is 3. The van der Waals surface area contributed by atoms with Gasteiger partial charge in [0, 0.05) is 12.4 Å². The molecule has 0 unspecified atom stereocenters. The standard InChI is InChI=1S/C20H12F3N/c21-20(22,23)14-7-8-17-15-5-1-2-6-16(15)18(19(17)11-14)10-13-4-3-9-24-12-13/h1-12H/b18-10-. The van der Waals surface area contributed by atoms with Gasteiger partial charge in [-0.3, -0.25) is 4.98 Å². The third kappa shape index (κ3) is 2.40. The Morgan fingerprint density at radius 1 is 0.792 bits per heavy atom. The van der Waals surface area contributed by atoms with Crippen molar-refractivity contribution >= 4 is 11.6 Å². The molecule has 1 aliphatic carbocycles. The molecule has 4 heteroatoms. The number of pyridine rings is 1. The van der Waals surface area contributed by atoms with E-state index in [-0.39, 0.29) is 0 Å². The molecule has 3 aromatic rings. The maximum absolute atomic E-state index is 13.1. The second-order valence-electron chi connectivity index (χ2n) is 5.65. The molecule has 0 saturated heterocycles. The van der Waals surface area contributed by atoms with Crippen molar-refractivity contribution in [1.82, 2.24) is 4.98 Å². The molecule has 0 radical (unpaired) electrons. The van der Waals surface area contributed by atoms with Crippen molar-refractivity contribution in [2.75, 3.05) is 0 Å². The molecule has 118 valence electrons. The van der Waals surface area contributed by atoms with Gasteiger partial charge in [-0.1, -0.05) is 36.4 Å². The molecular formula is C20H12F3N. The summed E-state index contributed by atoms with van der Waals surface area (Å²) in [5.41, 5.74) is 4.34. The number of rotatable bonds is 1. The van der Waals surface area contributed by atoms with Crippen molar-refractivity contribution in [2.45, 2.75) is 6.18 Å². The first-order chi connectivity index (χ1) is 11.5. The predicted octanol–water partition coefficient (Wildman–Crippen LogP) is 5.67. The van der Waals surface area contributed by atoms with Gasteiger partial charge in [-0.15, -0.1) is 0 Å². The van der Waals surface area contributed by atoms with Crippen molar-refractivity contribution in [3.05, 3.63) is 89.2 Å². The van der Waals surface area contributed by atoms with Gasteiger partial charge in [-0.2, -0.15) is 13.2 Å². The van der Waals surface area contributed by atoms with Crippen LogP contribution in [0.25, 0.3) is 22.8 Å². The Morgan fingerprint density at radius 2 is 1.54 bits per heavy atom. The quantitative estimate of drug-likeness (QED) is 0.440. The Labute approximate surface area is 137 Å². The monoisotopic (exact) mass is 323 g/mol. The van der Waals surface area contributed by atoms with Crippen LogP contribution in [0.4, 0.5) is 13.2 Å². The summed E-state index contributed by atoms with van der Waals surface area (Å²) in [5.74, 6) is 0. The molecule has 1 heterocycles. The van der Waals surface area contributed by atoms with Gasteiger partial charge in [0.15, 0.2) is 0 Å². The van der Waals surface area contributed by atoms with Crippen LogP contribution in [0.15, 0.2) is 67.0 Å². The molecule has 0 aliphatic heterocycles. The van der Waals surface area contributed by atoms with Crippen molar-refractivity contribution in [3.8, 4) is 11.1 Å². The Balaban J connectivity index is 1.96. The molecule has 0 N–H and O–H groups in total. The first-order valence-corrected chi connectivity index (χ1v) is 7.47. The van der Waals surface area contributed by atoms with Gasteiger partial charge in [-0.25, -0.2) is 0 Å². The minimum absolute atomic E-state index is 0.606. The number of aromatic nitrogens is 1. The maximum Gasteiger partial charge on any atom is 0.416 e. The van der Waals surface area contributed by atoms with Crippen molar-refractivity contribution in [3.63, 3.8) is 0 Å². The molecule has 1 aromatic heterocycles. The molecule has 0 fully saturated rings. The summed E-state index contributed by atoms with van der Waals surface area (Å²) in [5, 5.41) is 0. The summed E-state index contributed by atoms with van der Waals surface area (Å²) in [6, 6.07) is 15.3. The SMILES string of the molecule is FC(F)(F)c1ccc2c(c1)/C(=C\c1cccnc1)c1ccccc1-2. The van der Waals surface area contributed by atoms with Gasteiger partial charge in [0.2, 0.25) is 0 Å². The van der Waals surface area contributed by atoms with Crippen LogP contribution in [0.5, 0.6) is 0 Å².